The SMILES string of the molecule is CSCC[C@@H](NC(=O)c1csc(CN)n1)C(=O)O. The van der Waals surface area contributed by atoms with E-state index < -0.39 is 17.9 Å². The molecular formula is C10H15N3O3S2. The van der Waals surface area contributed by atoms with Crippen molar-refractivity contribution in [2.24, 2.45) is 5.73 Å². The highest BCUT2D eigenvalue weighted by Gasteiger charge is 2.21. The van der Waals surface area contributed by atoms with Gasteiger partial charge in [0.15, 0.2) is 0 Å². The maximum atomic E-state index is 11.8. The van der Waals surface area contributed by atoms with Gasteiger partial charge in [0.25, 0.3) is 5.91 Å². The average molecular weight is 289 g/mol. The van der Waals surface area contributed by atoms with Crippen LogP contribution >= 0.6 is 23.1 Å². The Kier molecular flexibility index (Phi) is 6.10. The van der Waals surface area contributed by atoms with Crippen LogP contribution in [0.4, 0.5) is 0 Å². The van der Waals surface area contributed by atoms with Crippen molar-refractivity contribution in [2.45, 2.75) is 19.0 Å². The summed E-state index contributed by atoms with van der Waals surface area (Å²) in [6.07, 6.45) is 2.27. The highest BCUT2D eigenvalue weighted by Crippen LogP contribution is 2.09. The zero-order valence-electron chi connectivity index (χ0n) is 9.88. The minimum Gasteiger partial charge on any atom is -0.480 e. The van der Waals surface area contributed by atoms with Crippen molar-refractivity contribution in [1.82, 2.24) is 10.3 Å². The molecule has 1 heterocycles. The van der Waals surface area contributed by atoms with Gasteiger partial charge in [0.05, 0.1) is 0 Å². The molecule has 0 aliphatic rings. The molecule has 1 rings (SSSR count). The Balaban J connectivity index is 2.62. The minimum atomic E-state index is -1.04. The molecule has 1 amide bonds. The maximum Gasteiger partial charge on any atom is 0.326 e. The van der Waals surface area contributed by atoms with Crippen LogP contribution in [0.5, 0.6) is 0 Å². The third kappa shape index (κ3) is 4.28. The highest BCUT2D eigenvalue weighted by molar-refractivity contribution is 7.98. The molecule has 0 radical (unpaired) electrons. The van der Waals surface area contributed by atoms with Crippen molar-refractivity contribution in [3.8, 4) is 0 Å². The first-order valence-electron chi connectivity index (χ1n) is 5.25. The summed E-state index contributed by atoms with van der Waals surface area (Å²) in [4.78, 5) is 26.8. The molecule has 6 nitrogen and oxygen atoms in total. The summed E-state index contributed by atoms with van der Waals surface area (Å²) in [5, 5.41) is 13.7. The second kappa shape index (κ2) is 7.34. The fraction of sp³-hybridized carbons (Fsp3) is 0.500. The van der Waals surface area contributed by atoms with E-state index >= 15 is 0 Å². The number of aromatic nitrogens is 1. The highest BCUT2D eigenvalue weighted by atomic mass is 32.2. The number of aliphatic carboxylic acids is 1. The Hall–Kier alpha value is -1.12. The molecule has 0 spiro atoms. The molecule has 0 aromatic carbocycles. The van der Waals surface area contributed by atoms with E-state index in [1.54, 1.807) is 5.38 Å². The Morgan fingerprint density at radius 3 is 2.89 bits per heavy atom. The molecule has 1 aromatic rings. The minimum absolute atomic E-state index is 0.218. The monoisotopic (exact) mass is 289 g/mol. The first-order chi connectivity index (χ1) is 8.58. The van der Waals surface area contributed by atoms with E-state index in [1.165, 1.54) is 23.1 Å². The molecule has 18 heavy (non-hydrogen) atoms. The van der Waals surface area contributed by atoms with Crippen LogP contribution in [0.15, 0.2) is 5.38 Å². The second-order valence-electron chi connectivity index (χ2n) is 3.48. The van der Waals surface area contributed by atoms with Gasteiger partial charge in [0.2, 0.25) is 0 Å². The lowest BCUT2D eigenvalue weighted by Gasteiger charge is -2.12. The first-order valence-corrected chi connectivity index (χ1v) is 7.53. The summed E-state index contributed by atoms with van der Waals surface area (Å²) < 4.78 is 0. The number of hydrogen-bond acceptors (Lipinski definition) is 6. The van der Waals surface area contributed by atoms with Crippen LogP contribution in [0.1, 0.15) is 21.9 Å². The van der Waals surface area contributed by atoms with E-state index in [0.29, 0.717) is 17.2 Å². The van der Waals surface area contributed by atoms with Crippen molar-refractivity contribution >= 4 is 35.0 Å². The van der Waals surface area contributed by atoms with Crippen LogP contribution in [0.2, 0.25) is 0 Å². The first kappa shape index (κ1) is 14.9. The van der Waals surface area contributed by atoms with Gasteiger partial charge in [-0.2, -0.15) is 11.8 Å². The molecular weight excluding hydrogens is 274 g/mol. The van der Waals surface area contributed by atoms with Crippen molar-refractivity contribution in [2.75, 3.05) is 12.0 Å². The largest absolute Gasteiger partial charge is 0.480 e. The van der Waals surface area contributed by atoms with Crippen molar-refractivity contribution in [3.05, 3.63) is 16.1 Å². The smallest absolute Gasteiger partial charge is 0.326 e. The Bertz CT molecular complexity index is 422. The fourth-order valence-corrected chi connectivity index (χ4v) is 2.36. The van der Waals surface area contributed by atoms with Gasteiger partial charge in [-0.3, -0.25) is 4.79 Å². The average Bonchev–Trinajstić information content (AvgIpc) is 2.82. The number of hydrogen-bond donors (Lipinski definition) is 3. The van der Waals surface area contributed by atoms with Gasteiger partial charge < -0.3 is 16.2 Å². The lowest BCUT2D eigenvalue weighted by atomic mass is 10.2. The van der Waals surface area contributed by atoms with E-state index in [2.05, 4.69) is 10.3 Å². The normalized spacial score (nSPS) is 12.1. The summed E-state index contributed by atoms with van der Waals surface area (Å²) in [7, 11) is 0. The third-order valence-electron chi connectivity index (χ3n) is 2.17. The summed E-state index contributed by atoms with van der Waals surface area (Å²) in [5.41, 5.74) is 5.62. The zero-order valence-corrected chi connectivity index (χ0v) is 11.5. The van der Waals surface area contributed by atoms with Gasteiger partial charge in [-0.15, -0.1) is 11.3 Å². The quantitative estimate of drug-likeness (QED) is 0.676. The third-order valence-corrected chi connectivity index (χ3v) is 3.69. The van der Waals surface area contributed by atoms with Crippen LogP contribution in [0.3, 0.4) is 0 Å². The van der Waals surface area contributed by atoms with Crippen LogP contribution in [-0.4, -0.2) is 40.0 Å². The number of carboxylic acids is 1. The summed E-state index contributed by atoms with van der Waals surface area (Å²) in [5.74, 6) is -0.839. The lowest BCUT2D eigenvalue weighted by molar-refractivity contribution is -0.139. The van der Waals surface area contributed by atoms with Crippen LogP contribution in [0, 0.1) is 0 Å². The van der Waals surface area contributed by atoms with Gasteiger partial charge in [0.1, 0.15) is 16.7 Å². The lowest BCUT2D eigenvalue weighted by Crippen LogP contribution is -2.41. The molecule has 0 fully saturated rings. The Morgan fingerprint density at radius 1 is 1.67 bits per heavy atom. The molecule has 0 unspecified atom stereocenters. The predicted octanol–water partition coefficient (Wildman–Crippen LogP) is 0.538. The summed E-state index contributed by atoms with van der Waals surface area (Å²) in [6.45, 7) is 0.271. The topological polar surface area (TPSA) is 105 Å². The molecule has 100 valence electrons. The standard InChI is InChI=1S/C10H15N3O3S2/c1-17-3-2-6(10(15)16)13-9(14)7-5-18-8(4-11)12-7/h5-6H,2-4,11H2,1H3,(H,13,14)(H,15,16)/t6-/m1/s1. The second-order valence-corrected chi connectivity index (χ2v) is 5.40. The molecule has 0 saturated carbocycles. The van der Waals surface area contributed by atoms with E-state index in [9.17, 15) is 9.59 Å². The number of carbonyl (C=O) groups is 2. The number of nitrogens with one attached hydrogen (secondary N) is 1. The molecule has 1 atom stereocenters. The number of thiazole rings is 1. The number of rotatable bonds is 7. The van der Waals surface area contributed by atoms with E-state index in [1.807, 2.05) is 6.26 Å². The van der Waals surface area contributed by atoms with E-state index in [0.717, 1.165) is 0 Å². The van der Waals surface area contributed by atoms with Crippen LogP contribution < -0.4 is 11.1 Å². The van der Waals surface area contributed by atoms with Crippen LogP contribution in [-0.2, 0) is 11.3 Å². The van der Waals surface area contributed by atoms with Gasteiger partial charge in [-0.05, 0) is 18.4 Å². The zero-order chi connectivity index (χ0) is 13.5. The number of carboxylic acid groups (broad SMARTS) is 1. The molecule has 0 aliphatic heterocycles. The van der Waals surface area contributed by atoms with Crippen LogP contribution in [0.25, 0.3) is 0 Å². The van der Waals surface area contributed by atoms with Crippen molar-refractivity contribution in [1.29, 1.82) is 0 Å². The number of amides is 1. The maximum absolute atomic E-state index is 11.8. The predicted molar refractivity (Wildman–Crippen MR) is 71.9 cm³/mol. The van der Waals surface area contributed by atoms with Gasteiger partial charge in [-0.1, -0.05) is 0 Å². The summed E-state index contributed by atoms with van der Waals surface area (Å²) >= 11 is 2.82. The van der Waals surface area contributed by atoms with E-state index in [-0.39, 0.29) is 12.2 Å². The van der Waals surface area contributed by atoms with Gasteiger partial charge in [0, 0.05) is 11.9 Å². The Labute approximate surface area is 113 Å². The number of nitrogens with zero attached hydrogens (tertiary/aromatic N) is 1. The van der Waals surface area contributed by atoms with Crippen molar-refractivity contribution in [3.63, 3.8) is 0 Å². The molecule has 1 aromatic heterocycles. The number of nitrogens with two attached hydrogens (primary N) is 1. The number of thioether (sulfide) groups is 1. The van der Waals surface area contributed by atoms with Gasteiger partial charge in [-0.25, -0.2) is 9.78 Å². The molecule has 4 N–H and O–H groups in total. The van der Waals surface area contributed by atoms with E-state index in [4.69, 9.17) is 10.8 Å². The van der Waals surface area contributed by atoms with Crippen molar-refractivity contribution < 1.29 is 14.7 Å². The molecule has 0 aliphatic carbocycles. The summed E-state index contributed by atoms with van der Waals surface area (Å²) in [6, 6.07) is -0.882. The van der Waals surface area contributed by atoms with Gasteiger partial charge >= 0.3 is 5.97 Å². The molecule has 0 saturated heterocycles. The molecule has 8 heteroatoms. The fourth-order valence-electron chi connectivity index (χ4n) is 1.23. The number of carbonyl (C=O) groups excluding carboxylic acids is 1. The molecule has 0 bridgehead atoms. The Morgan fingerprint density at radius 2 is 2.39 bits per heavy atom.